The molecular weight excluding hydrogens is 348 g/mol. The normalized spacial score (nSPS) is 11.0. The molecule has 3 aromatic carbocycles. The predicted molar refractivity (Wildman–Crippen MR) is 104 cm³/mol. The monoisotopic (exact) mass is 362 g/mol. The highest BCUT2D eigenvalue weighted by Crippen LogP contribution is 2.36. The van der Waals surface area contributed by atoms with Gasteiger partial charge in [0.15, 0.2) is 0 Å². The van der Waals surface area contributed by atoms with Gasteiger partial charge < -0.3 is 0 Å². The van der Waals surface area contributed by atoms with E-state index in [0.29, 0.717) is 0 Å². The third-order valence-electron chi connectivity index (χ3n) is 4.04. The molecule has 0 aliphatic carbocycles. The standard InChI is InChI=1S/C21H15ClN2S/c22-18-13-11-17(12-14-18)20-23-24-21(25-20)19(15-7-3-1-4-8-15)16-9-5-2-6-10-16/h1-14,19H. The largest absolute Gasteiger partial charge is 0.147 e. The second-order valence-electron chi connectivity index (χ2n) is 5.71. The van der Waals surface area contributed by atoms with Crippen LogP contribution in [0.5, 0.6) is 0 Å². The molecule has 0 saturated carbocycles. The Bertz CT molecular complexity index is 911. The fourth-order valence-electron chi connectivity index (χ4n) is 2.83. The lowest BCUT2D eigenvalue weighted by atomic mass is 9.92. The number of rotatable bonds is 4. The Hall–Kier alpha value is -2.49. The summed E-state index contributed by atoms with van der Waals surface area (Å²) in [7, 11) is 0. The van der Waals surface area contributed by atoms with Crippen LogP contribution in [0.1, 0.15) is 22.1 Å². The molecule has 0 fully saturated rings. The van der Waals surface area contributed by atoms with Crippen LogP contribution in [0.4, 0.5) is 0 Å². The summed E-state index contributed by atoms with van der Waals surface area (Å²) >= 11 is 7.61. The highest BCUT2D eigenvalue weighted by atomic mass is 35.5. The molecule has 2 nitrogen and oxygen atoms in total. The van der Waals surface area contributed by atoms with E-state index in [1.165, 1.54) is 11.1 Å². The first kappa shape index (κ1) is 16.0. The summed E-state index contributed by atoms with van der Waals surface area (Å²) in [5.74, 6) is 0.0842. The van der Waals surface area contributed by atoms with Crippen LogP contribution >= 0.6 is 22.9 Å². The van der Waals surface area contributed by atoms with Crippen molar-refractivity contribution in [2.75, 3.05) is 0 Å². The van der Waals surface area contributed by atoms with Crippen LogP contribution in [0.15, 0.2) is 84.9 Å². The van der Waals surface area contributed by atoms with Gasteiger partial charge in [-0.3, -0.25) is 0 Å². The molecule has 0 bridgehead atoms. The van der Waals surface area contributed by atoms with E-state index >= 15 is 0 Å². The molecule has 0 N–H and O–H groups in total. The van der Waals surface area contributed by atoms with Crippen molar-refractivity contribution >= 4 is 22.9 Å². The summed E-state index contributed by atoms with van der Waals surface area (Å²) in [6, 6.07) is 28.6. The average molecular weight is 363 g/mol. The predicted octanol–water partition coefficient (Wildman–Crippen LogP) is 6.04. The number of benzene rings is 3. The molecule has 0 unspecified atom stereocenters. The number of aromatic nitrogens is 2. The van der Waals surface area contributed by atoms with Crippen molar-refractivity contribution in [3.05, 3.63) is 106 Å². The fourth-order valence-corrected chi connectivity index (χ4v) is 3.96. The molecule has 4 aromatic rings. The van der Waals surface area contributed by atoms with E-state index in [1.54, 1.807) is 11.3 Å². The van der Waals surface area contributed by atoms with E-state index in [2.05, 4.69) is 58.7 Å². The van der Waals surface area contributed by atoms with Gasteiger partial charge in [-0.2, -0.15) is 0 Å². The van der Waals surface area contributed by atoms with Gasteiger partial charge in [-0.1, -0.05) is 95.7 Å². The molecule has 0 aliphatic heterocycles. The Morgan fingerprint density at radius 2 is 1.24 bits per heavy atom. The number of nitrogens with zero attached hydrogens (tertiary/aromatic N) is 2. The quantitative estimate of drug-likeness (QED) is 0.442. The minimum absolute atomic E-state index is 0.0842. The van der Waals surface area contributed by atoms with Crippen molar-refractivity contribution in [2.45, 2.75) is 5.92 Å². The van der Waals surface area contributed by atoms with Gasteiger partial charge in [0.25, 0.3) is 0 Å². The number of hydrogen-bond donors (Lipinski definition) is 0. The van der Waals surface area contributed by atoms with Gasteiger partial charge >= 0.3 is 0 Å². The molecule has 0 radical (unpaired) electrons. The summed E-state index contributed by atoms with van der Waals surface area (Å²) in [6.07, 6.45) is 0. The molecule has 4 heteroatoms. The molecule has 0 aliphatic rings. The van der Waals surface area contributed by atoms with Gasteiger partial charge in [-0.15, -0.1) is 10.2 Å². The SMILES string of the molecule is Clc1ccc(-c2nnc(C(c3ccccc3)c3ccccc3)s2)cc1. The maximum absolute atomic E-state index is 5.98. The average Bonchev–Trinajstić information content (AvgIpc) is 3.14. The van der Waals surface area contributed by atoms with Gasteiger partial charge in [-0.25, -0.2) is 0 Å². The zero-order chi connectivity index (χ0) is 17.1. The minimum Gasteiger partial charge on any atom is -0.142 e. The molecule has 1 heterocycles. The first-order valence-corrected chi connectivity index (χ1v) is 9.20. The fraction of sp³-hybridized carbons (Fsp3) is 0.0476. The summed E-state index contributed by atoms with van der Waals surface area (Å²) in [5, 5.41) is 11.5. The maximum atomic E-state index is 5.98. The zero-order valence-electron chi connectivity index (χ0n) is 13.3. The molecule has 0 amide bonds. The molecule has 1 aromatic heterocycles. The van der Waals surface area contributed by atoms with Crippen molar-refractivity contribution in [1.82, 2.24) is 10.2 Å². The Kier molecular flexibility index (Phi) is 4.59. The van der Waals surface area contributed by atoms with Gasteiger partial charge in [0.2, 0.25) is 0 Å². The molecular formula is C21H15ClN2S. The lowest BCUT2D eigenvalue weighted by Gasteiger charge is -2.14. The van der Waals surface area contributed by atoms with E-state index < -0.39 is 0 Å². The van der Waals surface area contributed by atoms with Crippen molar-refractivity contribution in [2.24, 2.45) is 0 Å². The smallest absolute Gasteiger partial charge is 0.142 e. The van der Waals surface area contributed by atoms with Crippen LogP contribution in [0.25, 0.3) is 10.6 Å². The van der Waals surface area contributed by atoms with E-state index in [9.17, 15) is 0 Å². The van der Waals surface area contributed by atoms with E-state index in [1.807, 2.05) is 36.4 Å². The molecule has 122 valence electrons. The first-order chi connectivity index (χ1) is 12.3. The molecule has 0 atom stereocenters. The van der Waals surface area contributed by atoms with Crippen LogP contribution < -0.4 is 0 Å². The zero-order valence-corrected chi connectivity index (χ0v) is 14.9. The number of hydrogen-bond acceptors (Lipinski definition) is 3. The lowest BCUT2D eigenvalue weighted by Crippen LogP contribution is -2.02. The maximum Gasteiger partial charge on any atom is 0.147 e. The summed E-state index contributed by atoms with van der Waals surface area (Å²) in [4.78, 5) is 0. The third-order valence-corrected chi connectivity index (χ3v) is 5.33. The second-order valence-corrected chi connectivity index (χ2v) is 7.15. The summed E-state index contributed by atoms with van der Waals surface area (Å²) in [6.45, 7) is 0. The molecule has 4 rings (SSSR count). The Balaban J connectivity index is 1.77. The van der Waals surface area contributed by atoms with Crippen molar-refractivity contribution < 1.29 is 0 Å². The van der Waals surface area contributed by atoms with Gasteiger partial charge in [-0.05, 0) is 23.3 Å². The van der Waals surface area contributed by atoms with E-state index in [4.69, 9.17) is 11.6 Å². The van der Waals surface area contributed by atoms with Crippen molar-refractivity contribution in [3.8, 4) is 10.6 Å². The van der Waals surface area contributed by atoms with Gasteiger partial charge in [0, 0.05) is 10.6 Å². The number of halogens is 1. The minimum atomic E-state index is 0.0842. The Morgan fingerprint density at radius 1 is 0.680 bits per heavy atom. The molecule has 0 saturated heterocycles. The third kappa shape index (κ3) is 3.48. The highest BCUT2D eigenvalue weighted by molar-refractivity contribution is 7.14. The van der Waals surface area contributed by atoms with Gasteiger partial charge in [0.05, 0.1) is 5.92 Å². The highest BCUT2D eigenvalue weighted by Gasteiger charge is 2.21. The van der Waals surface area contributed by atoms with Crippen LogP contribution in [0.3, 0.4) is 0 Å². The Labute approximate surface area is 155 Å². The summed E-state index contributed by atoms with van der Waals surface area (Å²) in [5.41, 5.74) is 3.47. The summed E-state index contributed by atoms with van der Waals surface area (Å²) < 4.78 is 0. The van der Waals surface area contributed by atoms with Crippen LogP contribution in [-0.2, 0) is 0 Å². The van der Waals surface area contributed by atoms with Crippen LogP contribution in [-0.4, -0.2) is 10.2 Å². The van der Waals surface area contributed by atoms with E-state index in [-0.39, 0.29) is 5.92 Å². The van der Waals surface area contributed by atoms with E-state index in [0.717, 1.165) is 20.6 Å². The molecule has 0 spiro atoms. The second kappa shape index (κ2) is 7.18. The Morgan fingerprint density at radius 3 is 1.80 bits per heavy atom. The topological polar surface area (TPSA) is 25.8 Å². The van der Waals surface area contributed by atoms with Gasteiger partial charge in [0.1, 0.15) is 10.0 Å². The molecule has 25 heavy (non-hydrogen) atoms. The lowest BCUT2D eigenvalue weighted by molar-refractivity contribution is 0.908. The van der Waals surface area contributed by atoms with Crippen LogP contribution in [0.2, 0.25) is 5.02 Å². The van der Waals surface area contributed by atoms with Crippen molar-refractivity contribution in [1.29, 1.82) is 0 Å². The van der Waals surface area contributed by atoms with Crippen LogP contribution in [0, 0.1) is 0 Å². The first-order valence-electron chi connectivity index (χ1n) is 8.00. The van der Waals surface area contributed by atoms with Crippen molar-refractivity contribution in [3.63, 3.8) is 0 Å².